The highest BCUT2D eigenvalue weighted by molar-refractivity contribution is 14.0. The Balaban J connectivity index is 0.00000280. The lowest BCUT2D eigenvalue weighted by molar-refractivity contribution is 0.123. The number of benzene rings is 1. The minimum Gasteiger partial charge on any atom is -0.381 e. The van der Waals surface area contributed by atoms with E-state index < -0.39 is 0 Å². The molecule has 2 fully saturated rings. The molecule has 0 unspecified atom stereocenters. The topological polar surface area (TPSA) is 48.9 Å². The molecule has 1 aromatic rings. The Morgan fingerprint density at radius 3 is 2.57 bits per heavy atom. The standard InChI is InChI=1S/C22H36N4O.HI/c1-23-22(24-12-7-15-27-18-19-10-11-19)25-16-20-8-3-4-9-21(20)17-26-13-5-2-6-14-26;/h3-4,8-9,19H,2,5-7,10-18H2,1H3,(H2,23,24,25);1H. The number of hydrogen-bond acceptors (Lipinski definition) is 3. The third kappa shape index (κ3) is 8.66. The van der Waals surface area contributed by atoms with Crippen molar-refractivity contribution in [3.8, 4) is 0 Å². The van der Waals surface area contributed by atoms with E-state index in [2.05, 4.69) is 44.8 Å². The molecular weight excluding hydrogens is 463 g/mol. The van der Waals surface area contributed by atoms with Gasteiger partial charge in [0.2, 0.25) is 0 Å². The van der Waals surface area contributed by atoms with Crippen molar-refractivity contribution < 1.29 is 4.74 Å². The van der Waals surface area contributed by atoms with E-state index in [1.807, 2.05) is 7.05 Å². The SMILES string of the molecule is CN=C(NCCCOCC1CC1)NCc1ccccc1CN1CCCCC1.I. The Labute approximate surface area is 187 Å². The number of guanidine groups is 1. The van der Waals surface area contributed by atoms with E-state index >= 15 is 0 Å². The van der Waals surface area contributed by atoms with Crippen LogP contribution in [-0.2, 0) is 17.8 Å². The summed E-state index contributed by atoms with van der Waals surface area (Å²) in [6, 6.07) is 8.77. The van der Waals surface area contributed by atoms with E-state index in [-0.39, 0.29) is 24.0 Å². The second kappa shape index (κ2) is 13.4. The molecule has 2 N–H and O–H groups in total. The van der Waals surface area contributed by atoms with Gasteiger partial charge in [0.1, 0.15) is 0 Å². The van der Waals surface area contributed by atoms with Crippen molar-refractivity contribution in [2.45, 2.75) is 51.6 Å². The van der Waals surface area contributed by atoms with E-state index in [1.165, 1.54) is 56.3 Å². The minimum atomic E-state index is 0. The third-order valence-electron chi connectivity index (χ3n) is 5.44. The molecule has 1 aliphatic heterocycles. The van der Waals surface area contributed by atoms with Gasteiger partial charge in [-0.15, -0.1) is 24.0 Å². The van der Waals surface area contributed by atoms with Crippen LogP contribution in [0.1, 0.15) is 49.7 Å². The number of likely N-dealkylation sites (tertiary alicyclic amines) is 1. The van der Waals surface area contributed by atoms with E-state index in [0.29, 0.717) is 0 Å². The zero-order valence-electron chi connectivity index (χ0n) is 17.3. The van der Waals surface area contributed by atoms with Gasteiger partial charge in [-0.3, -0.25) is 9.89 Å². The Morgan fingerprint density at radius 1 is 1.11 bits per heavy atom. The second-order valence-electron chi connectivity index (χ2n) is 7.83. The maximum absolute atomic E-state index is 5.69. The molecule has 0 atom stereocenters. The molecule has 3 rings (SSSR count). The second-order valence-corrected chi connectivity index (χ2v) is 7.83. The highest BCUT2D eigenvalue weighted by atomic mass is 127. The monoisotopic (exact) mass is 500 g/mol. The van der Waals surface area contributed by atoms with E-state index in [4.69, 9.17) is 4.74 Å². The lowest BCUT2D eigenvalue weighted by atomic mass is 10.0. The van der Waals surface area contributed by atoms with Crippen molar-refractivity contribution in [3.63, 3.8) is 0 Å². The molecule has 0 spiro atoms. The van der Waals surface area contributed by atoms with E-state index in [0.717, 1.165) is 51.1 Å². The number of halogens is 1. The maximum atomic E-state index is 5.69. The molecule has 0 bridgehead atoms. The summed E-state index contributed by atoms with van der Waals surface area (Å²) in [7, 11) is 1.83. The van der Waals surface area contributed by atoms with Gasteiger partial charge in [-0.05, 0) is 62.2 Å². The highest BCUT2D eigenvalue weighted by Gasteiger charge is 2.20. The Hall–Kier alpha value is -0.860. The first kappa shape index (κ1) is 23.4. The van der Waals surface area contributed by atoms with Crippen LogP contribution in [0.25, 0.3) is 0 Å². The fourth-order valence-corrected chi connectivity index (χ4v) is 3.56. The first-order valence-corrected chi connectivity index (χ1v) is 10.7. The van der Waals surface area contributed by atoms with Crippen molar-refractivity contribution in [1.29, 1.82) is 0 Å². The summed E-state index contributed by atoms with van der Waals surface area (Å²) in [5, 5.41) is 6.85. The molecule has 1 heterocycles. The normalized spacial score (nSPS) is 17.8. The molecule has 158 valence electrons. The number of nitrogens with one attached hydrogen (secondary N) is 2. The van der Waals surface area contributed by atoms with Crippen LogP contribution in [0.2, 0.25) is 0 Å². The highest BCUT2D eigenvalue weighted by Crippen LogP contribution is 2.28. The lowest BCUT2D eigenvalue weighted by Crippen LogP contribution is -2.38. The number of aliphatic imine (C=N–C) groups is 1. The molecule has 1 aromatic carbocycles. The smallest absolute Gasteiger partial charge is 0.191 e. The summed E-state index contributed by atoms with van der Waals surface area (Å²) in [5.74, 6) is 1.71. The van der Waals surface area contributed by atoms with Crippen LogP contribution < -0.4 is 10.6 Å². The largest absolute Gasteiger partial charge is 0.381 e. The van der Waals surface area contributed by atoms with Gasteiger partial charge in [0, 0.05) is 39.9 Å². The van der Waals surface area contributed by atoms with Crippen molar-refractivity contribution in [1.82, 2.24) is 15.5 Å². The third-order valence-corrected chi connectivity index (χ3v) is 5.44. The quantitative estimate of drug-likeness (QED) is 0.222. The van der Waals surface area contributed by atoms with E-state index in [1.54, 1.807) is 0 Å². The molecule has 0 amide bonds. The summed E-state index contributed by atoms with van der Waals surface area (Å²) >= 11 is 0. The first-order chi connectivity index (χ1) is 13.3. The summed E-state index contributed by atoms with van der Waals surface area (Å²) in [5.41, 5.74) is 2.79. The van der Waals surface area contributed by atoms with Crippen molar-refractivity contribution in [2.75, 3.05) is 39.9 Å². The van der Waals surface area contributed by atoms with Crippen LogP contribution >= 0.6 is 24.0 Å². The first-order valence-electron chi connectivity index (χ1n) is 10.7. The molecule has 6 heteroatoms. The number of hydrogen-bond donors (Lipinski definition) is 2. The van der Waals surface area contributed by atoms with E-state index in [9.17, 15) is 0 Å². The van der Waals surface area contributed by atoms with Crippen LogP contribution in [0.3, 0.4) is 0 Å². The average molecular weight is 500 g/mol. The summed E-state index contributed by atoms with van der Waals surface area (Å²) in [4.78, 5) is 6.93. The molecule has 0 radical (unpaired) electrons. The fraction of sp³-hybridized carbons (Fsp3) is 0.682. The van der Waals surface area contributed by atoms with Gasteiger partial charge < -0.3 is 15.4 Å². The Morgan fingerprint density at radius 2 is 1.86 bits per heavy atom. The predicted octanol–water partition coefficient (Wildman–Crippen LogP) is 3.77. The molecule has 1 saturated carbocycles. The van der Waals surface area contributed by atoms with Crippen LogP contribution in [0.5, 0.6) is 0 Å². The van der Waals surface area contributed by atoms with Crippen LogP contribution in [-0.4, -0.2) is 50.8 Å². The average Bonchev–Trinajstić information content (AvgIpc) is 3.53. The Bertz CT molecular complexity index is 586. The van der Waals surface area contributed by atoms with Gasteiger partial charge in [-0.2, -0.15) is 0 Å². The van der Waals surface area contributed by atoms with Gasteiger partial charge in [0.25, 0.3) is 0 Å². The maximum Gasteiger partial charge on any atom is 0.191 e. The summed E-state index contributed by atoms with van der Waals surface area (Å²) in [6.45, 7) is 6.99. The molecule has 2 aliphatic rings. The minimum absolute atomic E-state index is 0. The van der Waals surface area contributed by atoms with Gasteiger partial charge in [0.05, 0.1) is 0 Å². The number of ether oxygens (including phenoxy) is 1. The molecule has 1 aliphatic carbocycles. The predicted molar refractivity (Wildman–Crippen MR) is 127 cm³/mol. The lowest BCUT2D eigenvalue weighted by Gasteiger charge is -2.27. The summed E-state index contributed by atoms with van der Waals surface area (Å²) in [6.07, 6.45) is 7.77. The molecule has 28 heavy (non-hydrogen) atoms. The molecule has 1 saturated heterocycles. The zero-order valence-corrected chi connectivity index (χ0v) is 19.6. The van der Waals surface area contributed by atoms with Gasteiger partial charge in [0.15, 0.2) is 5.96 Å². The van der Waals surface area contributed by atoms with Crippen molar-refractivity contribution in [3.05, 3.63) is 35.4 Å². The van der Waals surface area contributed by atoms with Gasteiger partial charge in [-0.25, -0.2) is 0 Å². The van der Waals surface area contributed by atoms with Crippen molar-refractivity contribution in [2.24, 2.45) is 10.9 Å². The number of rotatable bonds is 10. The van der Waals surface area contributed by atoms with Gasteiger partial charge >= 0.3 is 0 Å². The zero-order chi connectivity index (χ0) is 18.7. The molecular formula is C22H37IN4O. The fourth-order valence-electron chi connectivity index (χ4n) is 3.56. The van der Waals surface area contributed by atoms with Crippen LogP contribution in [0.15, 0.2) is 29.3 Å². The van der Waals surface area contributed by atoms with Crippen molar-refractivity contribution >= 4 is 29.9 Å². The van der Waals surface area contributed by atoms with Crippen LogP contribution in [0, 0.1) is 5.92 Å². The number of nitrogens with zero attached hydrogens (tertiary/aromatic N) is 2. The summed E-state index contributed by atoms with van der Waals surface area (Å²) < 4.78 is 5.69. The molecule has 0 aromatic heterocycles. The molecule has 5 nitrogen and oxygen atoms in total. The Kier molecular flexibility index (Phi) is 11.2. The number of piperidine rings is 1. The van der Waals surface area contributed by atoms with Gasteiger partial charge in [-0.1, -0.05) is 30.7 Å². The van der Waals surface area contributed by atoms with Crippen LogP contribution in [0.4, 0.5) is 0 Å².